The van der Waals surface area contributed by atoms with Gasteiger partial charge in [-0.2, -0.15) is 0 Å². The number of piperidine rings is 1. The first kappa shape index (κ1) is 18.8. The third kappa shape index (κ3) is 4.00. The monoisotopic (exact) mass is 376 g/mol. The van der Waals surface area contributed by atoms with Crippen molar-refractivity contribution in [2.45, 2.75) is 31.8 Å². The van der Waals surface area contributed by atoms with E-state index >= 15 is 0 Å². The second-order valence-corrected chi connectivity index (χ2v) is 8.32. The molecule has 3 aliphatic rings. The molecule has 1 spiro atoms. The van der Waals surface area contributed by atoms with Crippen LogP contribution in [0.25, 0.3) is 0 Å². The summed E-state index contributed by atoms with van der Waals surface area (Å²) < 4.78 is 19.2. The van der Waals surface area contributed by atoms with Gasteiger partial charge in [0.2, 0.25) is 5.91 Å². The number of likely N-dealkylation sites (N-methyl/N-ethyl adjacent to an activating group) is 1. The summed E-state index contributed by atoms with van der Waals surface area (Å²) in [4.78, 5) is 23.3. The van der Waals surface area contributed by atoms with E-state index in [9.17, 15) is 9.18 Å². The largest absolute Gasteiger partial charge is 0.378 e. The summed E-state index contributed by atoms with van der Waals surface area (Å²) >= 11 is 0. The van der Waals surface area contributed by atoms with E-state index in [1.165, 1.54) is 6.20 Å². The second-order valence-electron chi connectivity index (χ2n) is 8.32. The zero-order valence-electron chi connectivity index (χ0n) is 16.1. The van der Waals surface area contributed by atoms with Gasteiger partial charge in [-0.1, -0.05) is 0 Å². The average Bonchev–Trinajstić information content (AvgIpc) is 3.01. The van der Waals surface area contributed by atoms with Crippen molar-refractivity contribution >= 4 is 5.91 Å². The maximum atomic E-state index is 13.9. The molecule has 0 radical (unpaired) electrons. The Morgan fingerprint density at radius 1 is 1.30 bits per heavy atom. The number of pyridine rings is 1. The first-order valence-corrected chi connectivity index (χ1v) is 9.94. The van der Waals surface area contributed by atoms with Crippen molar-refractivity contribution in [2.24, 2.45) is 5.41 Å². The Labute approximate surface area is 160 Å². The third-order valence-corrected chi connectivity index (χ3v) is 6.52. The van der Waals surface area contributed by atoms with Crippen LogP contribution in [0, 0.1) is 11.2 Å². The molecule has 27 heavy (non-hydrogen) atoms. The van der Waals surface area contributed by atoms with Crippen LogP contribution in [0.5, 0.6) is 0 Å². The van der Waals surface area contributed by atoms with Gasteiger partial charge in [0.05, 0.1) is 25.5 Å². The van der Waals surface area contributed by atoms with Crippen LogP contribution in [-0.4, -0.2) is 84.6 Å². The number of halogens is 1. The number of morpholine rings is 1. The fourth-order valence-electron chi connectivity index (χ4n) is 4.86. The zero-order chi connectivity index (χ0) is 18.9. The predicted molar refractivity (Wildman–Crippen MR) is 99.6 cm³/mol. The number of carbonyl (C=O) groups is 1. The van der Waals surface area contributed by atoms with Crippen molar-refractivity contribution in [3.05, 3.63) is 29.8 Å². The first-order chi connectivity index (χ1) is 13.1. The van der Waals surface area contributed by atoms with Crippen molar-refractivity contribution in [1.29, 1.82) is 0 Å². The maximum absolute atomic E-state index is 13.9. The molecule has 3 saturated heterocycles. The highest BCUT2D eigenvalue weighted by molar-refractivity contribution is 5.82. The Kier molecular flexibility index (Phi) is 5.43. The minimum atomic E-state index is -0.227. The number of likely N-dealkylation sites (tertiary alicyclic amines) is 2. The minimum Gasteiger partial charge on any atom is -0.378 e. The molecule has 3 fully saturated rings. The van der Waals surface area contributed by atoms with E-state index < -0.39 is 0 Å². The summed E-state index contributed by atoms with van der Waals surface area (Å²) in [6.07, 6.45) is 6.01. The number of hydrogen-bond donors (Lipinski definition) is 0. The Morgan fingerprint density at radius 2 is 2.04 bits per heavy atom. The van der Waals surface area contributed by atoms with Gasteiger partial charge in [0, 0.05) is 37.9 Å². The zero-order valence-corrected chi connectivity index (χ0v) is 16.1. The summed E-state index contributed by atoms with van der Waals surface area (Å²) in [6.45, 7) is 6.23. The number of nitrogens with zero attached hydrogens (tertiary/aromatic N) is 4. The molecule has 1 unspecified atom stereocenters. The smallest absolute Gasteiger partial charge is 0.240 e. The maximum Gasteiger partial charge on any atom is 0.240 e. The van der Waals surface area contributed by atoms with Gasteiger partial charge in [-0.15, -0.1) is 0 Å². The Morgan fingerprint density at radius 3 is 2.74 bits per heavy atom. The molecule has 7 heteroatoms. The molecule has 0 aromatic carbocycles. The molecule has 1 aromatic rings. The topological polar surface area (TPSA) is 48.9 Å². The minimum absolute atomic E-state index is 0.00714. The predicted octanol–water partition coefficient (Wildman–Crippen LogP) is 1.37. The normalized spacial score (nSPS) is 26.6. The summed E-state index contributed by atoms with van der Waals surface area (Å²) in [5.74, 6) is 0.0357. The third-order valence-electron chi connectivity index (χ3n) is 6.52. The van der Waals surface area contributed by atoms with E-state index in [0.717, 1.165) is 38.9 Å². The molecule has 0 N–H and O–H groups in total. The molecular weight excluding hydrogens is 347 g/mol. The molecule has 148 valence electrons. The van der Waals surface area contributed by atoms with E-state index in [1.807, 2.05) is 4.90 Å². The van der Waals surface area contributed by atoms with E-state index in [0.29, 0.717) is 38.4 Å². The SMILES string of the molecule is CN1CC2(CCN(Cc3ccncc3F)CC2)CC1C(=O)N1CCOCC1. The van der Waals surface area contributed by atoms with Crippen molar-refractivity contribution in [3.8, 4) is 0 Å². The van der Waals surface area contributed by atoms with Crippen LogP contribution in [0.4, 0.5) is 4.39 Å². The molecule has 1 amide bonds. The van der Waals surface area contributed by atoms with Crippen LogP contribution in [0.2, 0.25) is 0 Å². The highest BCUT2D eigenvalue weighted by Crippen LogP contribution is 2.43. The Hall–Kier alpha value is -1.57. The number of hydrogen-bond acceptors (Lipinski definition) is 5. The Balaban J connectivity index is 1.34. The molecule has 4 rings (SSSR count). The fourth-order valence-corrected chi connectivity index (χ4v) is 4.86. The van der Waals surface area contributed by atoms with E-state index in [2.05, 4.69) is 21.8 Å². The van der Waals surface area contributed by atoms with Crippen molar-refractivity contribution < 1.29 is 13.9 Å². The van der Waals surface area contributed by atoms with Crippen LogP contribution in [-0.2, 0) is 16.1 Å². The van der Waals surface area contributed by atoms with E-state index in [1.54, 1.807) is 12.3 Å². The van der Waals surface area contributed by atoms with Crippen molar-refractivity contribution in [1.82, 2.24) is 19.7 Å². The number of aromatic nitrogens is 1. The number of carbonyl (C=O) groups excluding carboxylic acids is 1. The molecule has 3 aliphatic heterocycles. The highest BCUT2D eigenvalue weighted by Gasteiger charge is 2.47. The summed E-state index contributed by atoms with van der Waals surface area (Å²) in [5.41, 5.74) is 0.930. The van der Waals surface area contributed by atoms with Crippen LogP contribution < -0.4 is 0 Å². The fraction of sp³-hybridized carbons (Fsp3) is 0.700. The van der Waals surface area contributed by atoms with Crippen LogP contribution >= 0.6 is 0 Å². The Bertz CT molecular complexity index is 672. The molecule has 1 atom stereocenters. The molecule has 0 bridgehead atoms. The highest BCUT2D eigenvalue weighted by atomic mass is 19.1. The van der Waals surface area contributed by atoms with Gasteiger partial charge in [-0.3, -0.25) is 19.6 Å². The van der Waals surface area contributed by atoms with Gasteiger partial charge in [0.15, 0.2) is 0 Å². The first-order valence-electron chi connectivity index (χ1n) is 9.94. The lowest BCUT2D eigenvalue weighted by Gasteiger charge is -2.39. The molecule has 0 aliphatic carbocycles. The molecule has 0 saturated carbocycles. The van der Waals surface area contributed by atoms with E-state index in [-0.39, 0.29) is 23.2 Å². The second kappa shape index (κ2) is 7.81. The standard InChI is InChI=1S/C20H29FN4O2/c1-23-15-20(12-18(23)19(26)25-8-10-27-11-9-25)3-6-24(7-4-20)14-16-2-5-22-13-17(16)21/h2,5,13,18H,3-4,6-12,14-15H2,1H3. The van der Waals surface area contributed by atoms with Crippen LogP contribution in [0.15, 0.2) is 18.5 Å². The molecule has 6 nitrogen and oxygen atoms in total. The van der Waals surface area contributed by atoms with Crippen molar-refractivity contribution in [2.75, 3.05) is 53.0 Å². The quantitative estimate of drug-likeness (QED) is 0.797. The molecule has 1 aromatic heterocycles. The summed E-state index contributed by atoms with van der Waals surface area (Å²) in [6, 6.07) is 1.76. The van der Waals surface area contributed by atoms with Gasteiger partial charge >= 0.3 is 0 Å². The van der Waals surface area contributed by atoms with Gasteiger partial charge in [-0.05, 0) is 50.9 Å². The number of amides is 1. The summed E-state index contributed by atoms with van der Waals surface area (Å²) in [7, 11) is 2.08. The van der Waals surface area contributed by atoms with Gasteiger partial charge in [0.1, 0.15) is 5.82 Å². The number of ether oxygens (including phenoxy) is 1. The molecular formula is C20H29FN4O2. The average molecular weight is 376 g/mol. The van der Waals surface area contributed by atoms with Crippen molar-refractivity contribution in [3.63, 3.8) is 0 Å². The van der Waals surface area contributed by atoms with Crippen LogP contribution in [0.1, 0.15) is 24.8 Å². The molecule has 4 heterocycles. The number of rotatable bonds is 3. The van der Waals surface area contributed by atoms with Crippen LogP contribution in [0.3, 0.4) is 0 Å². The van der Waals surface area contributed by atoms with Gasteiger partial charge < -0.3 is 9.64 Å². The lowest BCUT2D eigenvalue weighted by molar-refractivity contribution is -0.139. The lowest BCUT2D eigenvalue weighted by atomic mass is 9.76. The van der Waals surface area contributed by atoms with E-state index in [4.69, 9.17) is 4.74 Å². The van der Waals surface area contributed by atoms with Gasteiger partial charge in [-0.25, -0.2) is 4.39 Å². The summed E-state index contributed by atoms with van der Waals surface area (Å²) in [5, 5.41) is 0. The van der Waals surface area contributed by atoms with Gasteiger partial charge in [0.25, 0.3) is 0 Å². The lowest BCUT2D eigenvalue weighted by Crippen LogP contribution is -2.48.